The smallest absolute Gasteiger partial charge is 0.417 e. The van der Waals surface area contributed by atoms with Crippen LogP contribution in [0.1, 0.15) is 141 Å². The van der Waals surface area contributed by atoms with Crippen molar-refractivity contribution in [3.8, 4) is 17.9 Å². The lowest BCUT2D eigenvalue weighted by molar-refractivity contribution is -0.380. The van der Waals surface area contributed by atoms with Gasteiger partial charge in [0.25, 0.3) is 5.91 Å². The zero-order valence-electron chi connectivity index (χ0n) is 52.6. The number of carbonyl (C=O) groups excluding carboxylic acids is 9. The molecule has 11 atom stereocenters. The van der Waals surface area contributed by atoms with E-state index in [0.29, 0.717) is 11.0 Å². The summed E-state index contributed by atoms with van der Waals surface area (Å²) in [7, 11) is 0. The molecule has 2 bridgehead atoms. The number of aliphatic hydroxyl groups excluding tert-OH is 2. The van der Waals surface area contributed by atoms with Crippen molar-refractivity contribution in [3.05, 3.63) is 112 Å². The Hall–Kier alpha value is -8.69. The molecule has 5 aliphatic rings. The number of hydrogen-bond donors (Lipinski definition) is 4. The first kappa shape index (κ1) is 69.2. The van der Waals surface area contributed by atoms with E-state index in [2.05, 4.69) is 17.2 Å². The van der Waals surface area contributed by atoms with Crippen LogP contribution in [0, 0.1) is 39.4 Å². The number of nitrogens with one attached hydrogen (secondary N) is 1. The van der Waals surface area contributed by atoms with Gasteiger partial charge >= 0.3 is 48.1 Å². The summed E-state index contributed by atoms with van der Waals surface area (Å²) in [5.41, 5.74) is -16.2. The van der Waals surface area contributed by atoms with Gasteiger partial charge in [-0.15, -0.1) is 0 Å². The number of rotatable bonds is 16. The van der Waals surface area contributed by atoms with Crippen LogP contribution < -0.4 is 10.2 Å². The maximum absolute atomic E-state index is 16.3. The zero-order chi connectivity index (χ0) is 68.1. The molecule has 3 aliphatic carbocycles. The first-order chi connectivity index (χ1) is 42.8. The summed E-state index contributed by atoms with van der Waals surface area (Å²) in [6.07, 6.45) is -19.4. The first-order valence-electron chi connectivity index (χ1n) is 29.6. The van der Waals surface area contributed by atoms with Crippen LogP contribution in [0.5, 0.6) is 0 Å². The Morgan fingerprint density at radius 2 is 1.50 bits per heavy atom. The van der Waals surface area contributed by atoms with Gasteiger partial charge in [-0.05, 0) is 102 Å². The quantitative estimate of drug-likeness (QED) is 0.0367. The van der Waals surface area contributed by atoms with Crippen molar-refractivity contribution in [2.75, 3.05) is 24.7 Å². The molecule has 23 nitrogen and oxygen atoms in total. The summed E-state index contributed by atoms with van der Waals surface area (Å²) in [5.74, 6) is -2.07. The Kier molecular flexibility index (Phi) is 19.1. The number of aliphatic hydroxyl groups is 3. The number of ketones is 1. The third-order valence-corrected chi connectivity index (χ3v) is 18.6. The Balaban J connectivity index is 1.09. The minimum atomic E-state index is -4.98. The van der Waals surface area contributed by atoms with Gasteiger partial charge in [0.2, 0.25) is 0 Å². The molecule has 2 aliphatic heterocycles. The molecular weight excluding hydrogens is 1210 g/mol. The highest BCUT2D eigenvalue weighted by molar-refractivity contribution is 6.23. The minimum absolute atomic E-state index is 0.00466. The average molecular weight is 1280 g/mol. The minimum Gasteiger partial charge on any atom is -0.456 e. The van der Waals surface area contributed by atoms with Gasteiger partial charge in [-0.2, -0.15) is 18.4 Å². The third-order valence-electron chi connectivity index (χ3n) is 18.6. The van der Waals surface area contributed by atoms with Crippen molar-refractivity contribution >= 4 is 59.3 Å². The maximum atomic E-state index is 16.3. The van der Waals surface area contributed by atoms with Crippen LogP contribution in [0.25, 0.3) is 0 Å². The number of nitriles is 1. The van der Waals surface area contributed by atoms with E-state index in [1.165, 1.54) is 78.8 Å². The number of fused-ring (bicyclic) bond motifs is 5. The topological polar surface area (TPSA) is 321 Å². The Morgan fingerprint density at radius 1 is 0.870 bits per heavy atom. The van der Waals surface area contributed by atoms with E-state index < -0.39 is 197 Å². The second kappa shape index (κ2) is 25.4. The van der Waals surface area contributed by atoms with Crippen LogP contribution in [-0.2, 0) is 68.1 Å². The van der Waals surface area contributed by atoms with Gasteiger partial charge in [0, 0.05) is 38.0 Å². The zero-order valence-corrected chi connectivity index (χ0v) is 52.6. The van der Waals surface area contributed by atoms with Crippen molar-refractivity contribution in [1.82, 2.24) is 10.2 Å². The second-order valence-corrected chi connectivity index (χ2v) is 25.9. The van der Waals surface area contributed by atoms with Gasteiger partial charge in [-0.1, -0.05) is 81.1 Å². The number of halogens is 3. The van der Waals surface area contributed by atoms with Gasteiger partial charge in [-0.3, -0.25) is 28.9 Å². The number of esters is 5. The second-order valence-electron chi connectivity index (χ2n) is 25.9. The molecule has 3 aromatic rings. The predicted octanol–water partition coefficient (Wildman–Crippen LogP) is 7.06. The monoisotopic (exact) mass is 1280 g/mol. The number of nitrogens with zero attached hydrogens (tertiary/aromatic N) is 3. The maximum Gasteiger partial charge on any atom is 0.417 e. The van der Waals surface area contributed by atoms with Gasteiger partial charge in [-0.25, -0.2) is 24.1 Å². The Bertz CT molecular complexity index is 3610. The van der Waals surface area contributed by atoms with Crippen molar-refractivity contribution in [3.63, 3.8) is 0 Å². The van der Waals surface area contributed by atoms with E-state index in [0.717, 1.165) is 24.0 Å². The fourth-order valence-corrected chi connectivity index (χ4v) is 13.4. The summed E-state index contributed by atoms with van der Waals surface area (Å²) in [6.45, 7) is 14.2. The van der Waals surface area contributed by atoms with Crippen LogP contribution >= 0.6 is 0 Å². The highest BCUT2D eigenvalue weighted by Gasteiger charge is 2.84. The predicted molar refractivity (Wildman–Crippen MR) is 315 cm³/mol. The number of anilines is 1. The lowest BCUT2D eigenvalue weighted by atomic mass is 9.38. The van der Waals surface area contributed by atoms with Crippen molar-refractivity contribution in [2.45, 2.75) is 179 Å². The number of carbonyl (C=O) groups is 9. The van der Waals surface area contributed by atoms with E-state index >= 15 is 4.79 Å². The lowest BCUT2D eigenvalue weighted by Gasteiger charge is -2.72. The number of benzene rings is 3. The fourth-order valence-electron chi connectivity index (χ4n) is 13.4. The number of Topliss-reactive ketones (excluding diaryl/α,β-unsaturated/α-hetero) is 1. The molecule has 92 heavy (non-hydrogen) atoms. The number of ether oxygens (including phenoxy) is 7. The number of alkyl carbamates (subject to hydrolysis) is 1. The number of imide groups is 1. The molecule has 2 saturated heterocycles. The summed E-state index contributed by atoms with van der Waals surface area (Å²) in [6, 6.07) is 16.8. The van der Waals surface area contributed by atoms with Gasteiger partial charge in [0.15, 0.2) is 30.2 Å². The van der Waals surface area contributed by atoms with E-state index in [1.807, 2.05) is 0 Å². The van der Waals surface area contributed by atoms with Crippen LogP contribution in [0.4, 0.5) is 28.4 Å². The molecule has 4 N–H and O–H groups in total. The molecule has 2 saturated carbocycles. The van der Waals surface area contributed by atoms with Crippen molar-refractivity contribution in [1.29, 1.82) is 5.26 Å². The van der Waals surface area contributed by atoms with Gasteiger partial charge < -0.3 is 53.8 Å². The molecular formula is C66H73F3N4O19. The molecule has 492 valence electrons. The average Bonchev–Trinajstić information content (AvgIpc) is 0.759. The largest absolute Gasteiger partial charge is 0.456 e. The molecule has 3 aromatic carbocycles. The number of urea groups is 1. The summed E-state index contributed by atoms with van der Waals surface area (Å²) >= 11 is 0. The summed E-state index contributed by atoms with van der Waals surface area (Å²) < 4.78 is 83.3. The van der Waals surface area contributed by atoms with Crippen molar-refractivity contribution in [2.24, 2.45) is 16.2 Å². The van der Waals surface area contributed by atoms with E-state index in [9.17, 15) is 72.1 Å². The SMILES string of the molecule is CC(=O)O[C@@]12COC1C[C@H](O)[C@@]1(C)C(=O)[C@H](OC(=O)CCCC(=O)OCC#CCN3C(=O)N(c4ccc(C#N)c(C(F)(F)F)c4)C(=O)C3(C)C)C3=C(C)[C@@H](OC(=O)[C@H](O)[C@@H](NC(=O)OC(C)(C)C)c4ccccc4)C[C@@](O)([C@@H](OC(=O)c4ccccc4)[C@]21C)C3(C)C. The van der Waals surface area contributed by atoms with E-state index in [-0.39, 0.29) is 35.1 Å². The molecule has 8 rings (SSSR count). The summed E-state index contributed by atoms with van der Waals surface area (Å²) in [4.78, 5) is 128. The molecule has 4 amide bonds. The van der Waals surface area contributed by atoms with Gasteiger partial charge in [0.1, 0.15) is 35.1 Å². The number of amides is 4. The van der Waals surface area contributed by atoms with Crippen LogP contribution in [0.15, 0.2) is 90.0 Å². The molecule has 4 fully saturated rings. The molecule has 2 heterocycles. The van der Waals surface area contributed by atoms with Gasteiger partial charge in [0.05, 0.1) is 64.6 Å². The highest BCUT2D eigenvalue weighted by Crippen LogP contribution is 2.70. The number of hydrogen-bond acceptors (Lipinski definition) is 20. The summed E-state index contributed by atoms with van der Waals surface area (Å²) in [5, 5.41) is 50.5. The van der Waals surface area contributed by atoms with E-state index in [4.69, 9.17) is 33.2 Å². The Morgan fingerprint density at radius 3 is 2.09 bits per heavy atom. The molecule has 0 aromatic heterocycles. The third kappa shape index (κ3) is 12.3. The van der Waals surface area contributed by atoms with Crippen LogP contribution in [-0.4, -0.2) is 153 Å². The van der Waals surface area contributed by atoms with Crippen LogP contribution in [0.2, 0.25) is 0 Å². The fraction of sp³-hybridized carbons (Fsp3) is 0.515. The normalized spacial score (nSPS) is 27.7. The standard InChI is InChI=1S/C66H73F3N4O19/c1-36-43(88-54(81)50(78)49(38-21-14-12-15-22-38)71-57(83)92-59(3,4)5)33-64(85)55(90-53(80)39-23-16-13-17-24-39)63(11)62(10,44(75)32-45-65(63,35-87-45)91-37(2)74)52(79)51(48(36)60(64,6)7)89-47(77)26-20-25-46(76)86-30-19-18-29-72-58(84)73(56(82)61(72,8)9)41-28-27-40(34-70)42(31-41)66(67,68)69/h12-17,21-24,27-28,31,43-45,49-51,55,75,78,85H,20,25-26,29-30,32-33,35H2,1-11H3,(H,71,83)/t43-,44-,45?,49-,50+,51+,55-,62-,63-,64+,65-/m0/s1. The molecule has 0 spiro atoms. The molecule has 0 radical (unpaired) electrons. The highest BCUT2D eigenvalue weighted by atomic mass is 19.4. The first-order valence-corrected chi connectivity index (χ1v) is 29.6. The number of alkyl halides is 3. The Labute approximate surface area is 528 Å². The van der Waals surface area contributed by atoms with Crippen molar-refractivity contribution < 1.29 is 105 Å². The van der Waals surface area contributed by atoms with E-state index in [1.54, 1.807) is 57.2 Å². The molecule has 1 unspecified atom stereocenters. The molecule has 26 heteroatoms. The van der Waals surface area contributed by atoms with Crippen LogP contribution in [0.3, 0.4) is 0 Å². The lowest BCUT2D eigenvalue weighted by Crippen LogP contribution is -2.86.